The molecule has 1 aromatic heterocycles. The molecule has 0 spiro atoms. The van der Waals surface area contributed by atoms with Crippen molar-refractivity contribution in [1.82, 2.24) is 14.5 Å². The number of benzene rings is 1. The summed E-state index contributed by atoms with van der Waals surface area (Å²) in [6.45, 7) is 7.96. The van der Waals surface area contributed by atoms with E-state index in [0.29, 0.717) is 18.4 Å². The second kappa shape index (κ2) is 6.93. The molecule has 0 amide bonds. The van der Waals surface area contributed by atoms with Crippen molar-refractivity contribution in [1.29, 1.82) is 0 Å². The predicted octanol–water partition coefficient (Wildman–Crippen LogP) is 3.66. The molecule has 130 valence electrons. The molecule has 1 N–H and O–H groups in total. The van der Waals surface area contributed by atoms with Gasteiger partial charge in [0.25, 0.3) is 0 Å². The Morgan fingerprint density at radius 3 is 2.79 bits per heavy atom. The van der Waals surface area contributed by atoms with E-state index in [9.17, 15) is 9.90 Å². The Balaban J connectivity index is 1.95. The molecule has 1 aliphatic heterocycles. The molecular weight excluding hydrogens is 302 g/mol. The Kier molecular flexibility index (Phi) is 4.90. The van der Waals surface area contributed by atoms with Gasteiger partial charge in [-0.05, 0) is 51.8 Å². The fourth-order valence-electron chi connectivity index (χ4n) is 3.98. The predicted molar refractivity (Wildman–Crippen MR) is 95.4 cm³/mol. The van der Waals surface area contributed by atoms with Crippen LogP contribution in [0.15, 0.2) is 24.3 Å². The van der Waals surface area contributed by atoms with Gasteiger partial charge in [0.15, 0.2) is 0 Å². The number of likely N-dealkylation sites (tertiary alicyclic amines) is 1. The van der Waals surface area contributed by atoms with Crippen molar-refractivity contribution in [2.24, 2.45) is 0 Å². The fourth-order valence-corrected chi connectivity index (χ4v) is 3.98. The molecule has 0 radical (unpaired) electrons. The molecule has 0 saturated carbocycles. The van der Waals surface area contributed by atoms with E-state index in [1.54, 1.807) is 0 Å². The monoisotopic (exact) mass is 329 g/mol. The number of carboxylic acid groups (broad SMARTS) is 1. The van der Waals surface area contributed by atoms with E-state index in [0.717, 1.165) is 37.3 Å². The van der Waals surface area contributed by atoms with Gasteiger partial charge in [-0.3, -0.25) is 9.69 Å². The van der Waals surface area contributed by atoms with Crippen LogP contribution in [-0.4, -0.2) is 44.7 Å². The number of carboxylic acids is 1. The molecule has 0 aliphatic carbocycles. The van der Waals surface area contributed by atoms with E-state index in [1.807, 2.05) is 13.0 Å². The number of carbonyl (C=O) groups is 1. The summed E-state index contributed by atoms with van der Waals surface area (Å²) in [7, 11) is 0. The maximum absolute atomic E-state index is 11.5. The van der Waals surface area contributed by atoms with Gasteiger partial charge in [-0.2, -0.15) is 0 Å². The standard InChI is InChI=1S/C19H27N3O2/c1-4-16(19(23)24)21-11-7-8-14(12-21)18-20-15-9-5-6-10-17(15)22(18)13(2)3/h5-6,9-10,13-14,16H,4,7-8,11-12H2,1-3H3,(H,23,24)/t14-,16+/m1/s1. The first kappa shape index (κ1) is 17.0. The first-order valence-corrected chi connectivity index (χ1v) is 8.96. The van der Waals surface area contributed by atoms with Gasteiger partial charge in [-0.15, -0.1) is 0 Å². The Morgan fingerprint density at radius 1 is 1.38 bits per heavy atom. The highest BCUT2D eigenvalue weighted by Gasteiger charge is 2.32. The number of imidazole rings is 1. The Hall–Kier alpha value is -1.88. The van der Waals surface area contributed by atoms with Crippen LogP contribution in [0.3, 0.4) is 0 Å². The minimum Gasteiger partial charge on any atom is -0.480 e. The summed E-state index contributed by atoms with van der Waals surface area (Å²) in [5, 5.41) is 9.48. The van der Waals surface area contributed by atoms with Gasteiger partial charge in [-0.1, -0.05) is 19.1 Å². The largest absolute Gasteiger partial charge is 0.480 e. The number of piperidine rings is 1. The Bertz CT molecular complexity index is 722. The maximum atomic E-state index is 11.5. The normalized spacial score (nSPS) is 20.6. The number of aromatic nitrogens is 2. The molecule has 0 bridgehead atoms. The van der Waals surface area contributed by atoms with Crippen LogP contribution in [0.1, 0.15) is 57.8 Å². The maximum Gasteiger partial charge on any atom is 0.320 e. The highest BCUT2D eigenvalue weighted by molar-refractivity contribution is 5.76. The van der Waals surface area contributed by atoms with Gasteiger partial charge in [0.2, 0.25) is 0 Å². The van der Waals surface area contributed by atoms with E-state index < -0.39 is 5.97 Å². The van der Waals surface area contributed by atoms with E-state index >= 15 is 0 Å². The zero-order chi connectivity index (χ0) is 17.3. The molecule has 5 heteroatoms. The lowest BCUT2D eigenvalue weighted by Gasteiger charge is -2.36. The first-order valence-electron chi connectivity index (χ1n) is 8.96. The summed E-state index contributed by atoms with van der Waals surface area (Å²) in [6, 6.07) is 8.21. The van der Waals surface area contributed by atoms with Gasteiger partial charge >= 0.3 is 5.97 Å². The Morgan fingerprint density at radius 2 is 2.12 bits per heavy atom. The van der Waals surface area contributed by atoms with Crippen LogP contribution in [0.25, 0.3) is 11.0 Å². The minimum absolute atomic E-state index is 0.293. The van der Waals surface area contributed by atoms with Crippen molar-refractivity contribution in [3.05, 3.63) is 30.1 Å². The summed E-state index contributed by atoms with van der Waals surface area (Å²) in [5.74, 6) is 0.689. The lowest BCUT2D eigenvalue weighted by Crippen LogP contribution is -2.46. The van der Waals surface area contributed by atoms with E-state index in [2.05, 4.69) is 41.5 Å². The molecule has 24 heavy (non-hydrogen) atoms. The van der Waals surface area contributed by atoms with Crippen LogP contribution in [0.2, 0.25) is 0 Å². The first-order chi connectivity index (χ1) is 11.5. The molecule has 1 fully saturated rings. The van der Waals surface area contributed by atoms with Crippen molar-refractivity contribution in [2.75, 3.05) is 13.1 Å². The number of rotatable bonds is 5. The van der Waals surface area contributed by atoms with Crippen LogP contribution < -0.4 is 0 Å². The van der Waals surface area contributed by atoms with Gasteiger partial charge < -0.3 is 9.67 Å². The second-order valence-corrected chi connectivity index (χ2v) is 7.02. The third kappa shape index (κ3) is 3.05. The molecule has 2 atom stereocenters. The number of aliphatic carboxylic acids is 1. The summed E-state index contributed by atoms with van der Waals surface area (Å²) in [4.78, 5) is 18.6. The number of hydrogen-bond donors (Lipinski definition) is 1. The second-order valence-electron chi connectivity index (χ2n) is 7.02. The highest BCUT2D eigenvalue weighted by atomic mass is 16.4. The van der Waals surface area contributed by atoms with Crippen molar-refractivity contribution >= 4 is 17.0 Å². The van der Waals surface area contributed by atoms with Crippen LogP contribution in [0, 0.1) is 0 Å². The van der Waals surface area contributed by atoms with Crippen molar-refractivity contribution in [3.63, 3.8) is 0 Å². The van der Waals surface area contributed by atoms with E-state index in [4.69, 9.17) is 4.98 Å². The average Bonchev–Trinajstić information content (AvgIpc) is 2.95. The molecule has 2 heterocycles. The molecule has 5 nitrogen and oxygen atoms in total. The minimum atomic E-state index is -0.712. The van der Waals surface area contributed by atoms with Gasteiger partial charge in [0.1, 0.15) is 11.9 Å². The zero-order valence-electron chi connectivity index (χ0n) is 14.8. The highest BCUT2D eigenvalue weighted by Crippen LogP contribution is 2.32. The third-order valence-electron chi connectivity index (χ3n) is 5.07. The molecule has 1 aliphatic rings. The molecule has 0 unspecified atom stereocenters. The summed E-state index contributed by atoms with van der Waals surface area (Å²) in [6.07, 6.45) is 2.74. The van der Waals surface area contributed by atoms with Crippen molar-refractivity contribution in [3.8, 4) is 0 Å². The lowest BCUT2D eigenvalue weighted by atomic mass is 9.95. The van der Waals surface area contributed by atoms with Gasteiger partial charge in [0.05, 0.1) is 11.0 Å². The van der Waals surface area contributed by atoms with Crippen LogP contribution in [-0.2, 0) is 4.79 Å². The Labute approximate surface area is 143 Å². The average molecular weight is 329 g/mol. The molecule has 2 aromatic rings. The smallest absolute Gasteiger partial charge is 0.320 e. The lowest BCUT2D eigenvalue weighted by molar-refractivity contribution is -0.144. The van der Waals surface area contributed by atoms with Crippen LogP contribution >= 0.6 is 0 Å². The number of fused-ring (bicyclic) bond motifs is 1. The summed E-state index contributed by atoms with van der Waals surface area (Å²) in [5.41, 5.74) is 2.20. The third-order valence-corrected chi connectivity index (χ3v) is 5.07. The quantitative estimate of drug-likeness (QED) is 0.909. The van der Waals surface area contributed by atoms with Crippen LogP contribution in [0.5, 0.6) is 0 Å². The van der Waals surface area contributed by atoms with Crippen LogP contribution in [0.4, 0.5) is 0 Å². The van der Waals surface area contributed by atoms with E-state index in [-0.39, 0.29) is 6.04 Å². The van der Waals surface area contributed by atoms with Gasteiger partial charge in [-0.25, -0.2) is 4.98 Å². The number of nitrogens with zero attached hydrogens (tertiary/aromatic N) is 3. The SMILES string of the molecule is CC[C@@H](C(=O)O)N1CCC[C@@H](c2nc3ccccc3n2C(C)C)C1. The fraction of sp³-hybridized carbons (Fsp3) is 0.579. The number of hydrogen-bond acceptors (Lipinski definition) is 3. The van der Waals surface area contributed by atoms with Gasteiger partial charge in [0, 0.05) is 18.5 Å². The summed E-state index contributed by atoms with van der Waals surface area (Å²) >= 11 is 0. The molecule has 3 rings (SSSR count). The summed E-state index contributed by atoms with van der Waals surface area (Å²) < 4.78 is 2.32. The van der Waals surface area contributed by atoms with Crippen molar-refractivity contribution in [2.45, 2.75) is 58.0 Å². The zero-order valence-corrected chi connectivity index (χ0v) is 14.8. The molecule has 1 aromatic carbocycles. The molecular formula is C19H27N3O2. The van der Waals surface area contributed by atoms with E-state index in [1.165, 1.54) is 5.52 Å². The topological polar surface area (TPSA) is 58.4 Å². The number of para-hydroxylation sites is 2. The molecule has 1 saturated heterocycles. The van der Waals surface area contributed by atoms with Crippen molar-refractivity contribution < 1.29 is 9.90 Å².